The van der Waals surface area contributed by atoms with Crippen LogP contribution in [0.3, 0.4) is 0 Å². The molecule has 0 aliphatic carbocycles. The van der Waals surface area contributed by atoms with Crippen molar-refractivity contribution in [1.82, 2.24) is 4.98 Å². The van der Waals surface area contributed by atoms with E-state index in [0.717, 1.165) is 17.1 Å². The van der Waals surface area contributed by atoms with Gasteiger partial charge in [0.25, 0.3) is 0 Å². The number of benzene rings is 1. The van der Waals surface area contributed by atoms with Crippen LogP contribution >= 0.6 is 0 Å². The molecule has 1 unspecified atom stereocenters. The van der Waals surface area contributed by atoms with Gasteiger partial charge in [-0.3, -0.25) is 4.98 Å². The summed E-state index contributed by atoms with van der Waals surface area (Å²) < 4.78 is 5.23. The van der Waals surface area contributed by atoms with Crippen LogP contribution in [0.5, 0.6) is 5.75 Å². The van der Waals surface area contributed by atoms with E-state index in [-0.39, 0.29) is 6.04 Å². The van der Waals surface area contributed by atoms with Crippen LogP contribution in [0, 0.1) is 6.92 Å². The minimum absolute atomic E-state index is 0.213. The number of aromatic nitrogens is 1. The van der Waals surface area contributed by atoms with E-state index in [1.165, 1.54) is 5.56 Å². The summed E-state index contributed by atoms with van der Waals surface area (Å²) in [7, 11) is 1.68. The second kappa shape index (κ2) is 5.54. The number of rotatable bonds is 4. The van der Waals surface area contributed by atoms with Crippen LogP contribution in [0.25, 0.3) is 0 Å². The molecule has 1 atom stereocenters. The maximum atomic E-state index is 5.23. The summed E-state index contributed by atoms with van der Waals surface area (Å²) in [5.74, 6) is 0.878. The van der Waals surface area contributed by atoms with Gasteiger partial charge in [0.2, 0.25) is 0 Å². The quantitative estimate of drug-likeness (QED) is 0.890. The second-order valence-electron chi connectivity index (χ2n) is 4.33. The molecule has 1 heterocycles. The fourth-order valence-corrected chi connectivity index (χ4v) is 1.80. The standard InChI is InChI=1S/C15H18N2O/c1-11-7-8-14(10-16-11)17-12(2)13-5-4-6-15(9-13)18-3/h4-10,12,17H,1-3H3. The molecule has 94 valence electrons. The lowest BCUT2D eigenvalue weighted by Crippen LogP contribution is -2.07. The fourth-order valence-electron chi connectivity index (χ4n) is 1.80. The Hall–Kier alpha value is -2.03. The van der Waals surface area contributed by atoms with Gasteiger partial charge in [0.15, 0.2) is 0 Å². The zero-order valence-corrected chi connectivity index (χ0v) is 11.0. The van der Waals surface area contributed by atoms with Crippen molar-refractivity contribution in [2.45, 2.75) is 19.9 Å². The van der Waals surface area contributed by atoms with Crippen molar-refractivity contribution in [1.29, 1.82) is 0 Å². The molecule has 3 heteroatoms. The van der Waals surface area contributed by atoms with E-state index in [4.69, 9.17) is 4.74 Å². The Kier molecular flexibility index (Phi) is 3.82. The van der Waals surface area contributed by atoms with Crippen molar-refractivity contribution in [3.63, 3.8) is 0 Å². The van der Waals surface area contributed by atoms with Gasteiger partial charge in [-0.05, 0) is 43.7 Å². The number of ether oxygens (including phenoxy) is 1. The maximum Gasteiger partial charge on any atom is 0.119 e. The first kappa shape index (κ1) is 12.4. The van der Waals surface area contributed by atoms with Crippen LogP contribution in [0.4, 0.5) is 5.69 Å². The Morgan fingerprint density at radius 2 is 2.06 bits per heavy atom. The maximum absolute atomic E-state index is 5.23. The number of hydrogen-bond acceptors (Lipinski definition) is 3. The molecule has 2 aromatic rings. The molecule has 0 aliphatic heterocycles. The van der Waals surface area contributed by atoms with E-state index in [0.29, 0.717) is 0 Å². The second-order valence-corrected chi connectivity index (χ2v) is 4.33. The van der Waals surface area contributed by atoms with Crippen LogP contribution in [0.15, 0.2) is 42.6 Å². The lowest BCUT2D eigenvalue weighted by Gasteiger charge is -2.16. The summed E-state index contributed by atoms with van der Waals surface area (Å²) in [6.45, 7) is 4.10. The predicted molar refractivity (Wildman–Crippen MR) is 74.0 cm³/mol. The zero-order valence-electron chi connectivity index (χ0n) is 11.0. The first-order valence-electron chi connectivity index (χ1n) is 6.02. The SMILES string of the molecule is COc1cccc(C(C)Nc2ccc(C)nc2)c1. The Labute approximate surface area is 108 Å². The van der Waals surface area contributed by atoms with E-state index in [1.54, 1.807) is 7.11 Å². The number of methoxy groups -OCH3 is 1. The number of hydrogen-bond donors (Lipinski definition) is 1. The smallest absolute Gasteiger partial charge is 0.119 e. The van der Waals surface area contributed by atoms with Crippen molar-refractivity contribution in [2.24, 2.45) is 0 Å². The molecular weight excluding hydrogens is 224 g/mol. The monoisotopic (exact) mass is 242 g/mol. The predicted octanol–water partition coefficient (Wildman–Crippen LogP) is 3.57. The van der Waals surface area contributed by atoms with Crippen LogP contribution in [0.2, 0.25) is 0 Å². The van der Waals surface area contributed by atoms with Crippen LogP contribution in [0.1, 0.15) is 24.2 Å². The molecule has 1 N–H and O–H groups in total. The van der Waals surface area contributed by atoms with Crippen molar-refractivity contribution < 1.29 is 4.74 Å². The molecule has 0 spiro atoms. The Bertz CT molecular complexity index is 508. The minimum Gasteiger partial charge on any atom is -0.497 e. The highest BCUT2D eigenvalue weighted by Gasteiger charge is 2.06. The molecule has 0 saturated carbocycles. The molecular formula is C15H18N2O. The van der Waals surface area contributed by atoms with Crippen molar-refractivity contribution >= 4 is 5.69 Å². The largest absolute Gasteiger partial charge is 0.497 e. The van der Waals surface area contributed by atoms with E-state index in [1.807, 2.05) is 43.5 Å². The molecule has 0 bridgehead atoms. The van der Waals surface area contributed by atoms with Gasteiger partial charge < -0.3 is 10.1 Å². The van der Waals surface area contributed by atoms with E-state index in [9.17, 15) is 0 Å². The molecule has 0 saturated heterocycles. The Morgan fingerprint density at radius 1 is 1.22 bits per heavy atom. The Morgan fingerprint density at radius 3 is 2.72 bits per heavy atom. The van der Waals surface area contributed by atoms with Crippen LogP contribution < -0.4 is 10.1 Å². The first-order valence-corrected chi connectivity index (χ1v) is 6.02. The lowest BCUT2D eigenvalue weighted by molar-refractivity contribution is 0.414. The van der Waals surface area contributed by atoms with E-state index in [2.05, 4.69) is 23.3 Å². The average Bonchev–Trinajstić information content (AvgIpc) is 2.41. The van der Waals surface area contributed by atoms with Gasteiger partial charge in [0.1, 0.15) is 5.75 Å². The van der Waals surface area contributed by atoms with Crippen molar-refractivity contribution in [3.05, 3.63) is 53.9 Å². The molecule has 1 aromatic carbocycles. The molecule has 0 radical (unpaired) electrons. The Balaban J connectivity index is 2.11. The van der Waals surface area contributed by atoms with E-state index >= 15 is 0 Å². The normalized spacial score (nSPS) is 11.9. The number of anilines is 1. The number of nitrogens with zero attached hydrogens (tertiary/aromatic N) is 1. The van der Waals surface area contributed by atoms with Gasteiger partial charge in [0, 0.05) is 11.7 Å². The summed E-state index contributed by atoms with van der Waals surface area (Å²) in [4.78, 5) is 4.27. The molecule has 2 rings (SSSR count). The van der Waals surface area contributed by atoms with Gasteiger partial charge in [-0.25, -0.2) is 0 Å². The van der Waals surface area contributed by atoms with Gasteiger partial charge in [-0.15, -0.1) is 0 Å². The van der Waals surface area contributed by atoms with Crippen LogP contribution in [-0.4, -0.2) is 12.1 Å². The van der Waals surface area contributed by atoms with Gasteiger partial charge in [0.05, 0.1) is 19.0 Å². The zero-order chi connectivity index (χ0) is 13.0. The summed E-state index contributed by atoms with van der Waals surface area (Å²) in [5.41, 5.74) is 3.24. The molecule has 18 heavy (non-hydrogen) atoms. The molecule has 0 fully saturated rings. The third kappa shape index (κ3) is 3.00. The topological polar surface area (TPSA) is 34.1 Å². The molecule has 3 nitrogen and oxygen atoms in total. The highest BCUT2D eigenvalue weighted by Crippen LogP contribution is 2.22. The molecule has 0 aliphatic rings. The first-order chi connectivity index (χ1) is 8.69. The van der Waals surface area contributed by atoms with Crippen molar-refractivity contribution in [2.75, 3.05) is 12.4 Å². The summed E-state index contributed by atoms with van der Waals surface area (Å²) >= 11 is 0. The number of pyridine rings is 1. The van der Waals surface area contributed by atoms with E-state index < -0.39 is 0 Å². The minimum atomic E-state index is 0.213. The average molecular weight is 242 g/mol. The van der Waals surface area contributed by atoms with Gasteiger partial charge in [-0.1, -0.05) is 12.1 Å². The highest BCUT2D eigenvalue weighted by molar-refractivity contribution is 5.44. The van der Waals surface area contributed by atoms with Crippen molar-refractivity contribution in [3.8, 4) is 5.75 Å². The van der Waals surface area contributed by atoms with Gasteiger partial charge >= 0.3 is 0 Å². The third-order valence-electron chi connectivity index (χ3n) is 2.89. The van der Waals surface area contributed by atoms with Crippen LogP contribution in [-0.2, 0) is 0 Å². The fraction of sp³-hybridized carbons (Fsp3) is 0.267. The highest BCUT2D eigenvalue weighted by atomic mass is 16.5. The lowest BCUT2D eigenvalue weighted by atomic mass is 10.1. The molecule has 1 aromatic heterocycles. The summed E-state index contributed by atoms with van der Waals surface area (Å²) in [6.07, 6.45) is 1.85. The van der Waals surface area contributed by atoms with Gasteiger partial charge in [-0.2, -0.15) is 0 Å². The number of nitrogens with one attached hydrogen (secondary N) is 1. The summed E-state index contributed by atoms with van der Waals surface area (Å²) in [5, 5.41) is 3.42. The third-order valence-corrected chi connectivity index (χ3v) is 2.89. The summed E-state index contributed by atoms with van der Waals surface area (Å²) in [6, 6.07) is 12.3. The molecule has 0 amide bonds. The number of aryl methyl sites for hydroxylation is 1.